The second-order valence-corrected chi connectivity index (χ2v) is 2.73. The smallest absolute Gasteiger partial charge is 0.0641 e. The lowest BCUT2D eigenvalue weighted by Crippen LogP contribution is -1.90. The molecule has 2 aliphatic carbocycles. The van der Waals surface area contributed by atoms with Gasteiger partial charge in [0.2, 0.25) is 0 Å². The minimum absolute atomic E-state index is 0.407. The molecule has 0 aliphatic heterocycles. The van der Waals surface area contributed by atoms with Crippen molar-refractivity contribution in [3.63, 3.8) is 0 Å². The summed E-state index contributed by atoms with van der Waals surface area (Å²) in [5.74, 6) is 0.407. The van der Waals surface area contributed by atoms with Crippen LogP contribution in [0.4, 0.5) is 0 Å². The van der Waals surface area contributed by atoms with E-state index < -0.39 is 0 Å². The molecule has 0 radical (unpaired) electrons. The van der Waals surface area contributed by atoms with Crippen LogP contribution in [-0.2, 0) is 0 Å². The summed E-state index contributed by atoms with van der Waals surface area (Å²) in [6, 6.07) is 0. The second kappa shape index (κ2) is 2.34. The molecule has 2 aliphatic rings. The van der Waals surface area contributed by atoms with E-state index in [0.29, 0.717) is 5.92 Å². The van der Waals surface area contributed by atoms with E-state index in [2.05, 4.69) is 24.3 Å². The third-order valence-electron chi connectivity index (χ3n) is 1.99. The summed E-state index contributed by atoms with van der Waals surface area (Å²) in [4.78, 5) is 0. The third kappa shape index (κ3) is 0.978. The van der Waals surface area contributed by atoms with Gasteiger partial charge in [-0.1, -0.05) is 18.2 Å². The summed E-state index contributed by atoms with van der Waals surface area (Å²) >= 11 is 0. The number of hydrogen-bond donors (Lipinski definition) is 0. The van der Waals surface area contributed by atoms with E-state index in [-0.39, 0.29) is 0 Å². The van der Waals surface area contributed by atoms with Crippen LogP contribution < -0.4 is 0 Å². The highest BCUT2D eigenvalue weighted by molar-refractivity contribution is 5.51. The first-order chi connectivity index (χ1) is 5.38. The Kier molecular flexibility index (Phi) is 1.34. The zero-order valence-electron chi connectivity index (χ0n) is 6.20. The van der Waals surface area contributed by atoms with Gasteiger partial charge in [0, 0.05) is 6.58 Å². The molecule has 0 amide bonds. The molecule has 0 saturated carbocycles. The Bertz CT molecular complexity index is 298. The predicted molar refractivity (Wildman–Crippen MR) is 46.8 cm³/mol. The Labute approximate surface area is 66.9 Å². The summed E-state index contributed by atoms with van der Waals surface area (Å²) in [6.07, 6.45) is 14.4. The third-order valence-corrected chi connectivity index (χ3v) is 1.99. The Morgan fingerprint density at radius 1 is 1.09 bits per heavy atom. The molecule has 0 nitrogen and oxygen atoms in total. The van der Waals surface area contributed by atoms with Gasteiger partial charge in [-0.3, -0.25) is 0 Å². The van der Waals surface area contributed by atoms with Crippen LogP contribution >= 0.6 is 0 Å². The van der Waals surface area contributed by atoms with Gasteiger partial charge in [-0.15, -0.1) is 0 Å². The maximum Gasteiger partial charge on any atom is 0.184 e. The zero-order valence-corrected chi connectivity index (χ0v) is 6.20. The lowest BCUT2D eigenvalue weighted by atomic mass is 10.0. The fraction of sp³-hybridized carbons (Fsp3) is 0.0909. The lowest BCUT2D eigenvalue weighted by Gasteiger charge is -1.94. The van der Waals surface area contributed by atoms with Gasteiger partial charge in [0.1, 0.15) is 0 Å². The summed E-state index contributed by atoms with van der Waals surface area (Å²) in [5, 5.41) is 0. The first-order valence-corrected chi connectivity index (χ1v) is 3.74. The molecule has 11 heavy (non-hydrogen) atoms. The molecule has 0 N–H and O–H groups in total. The average molecular weight is 141 g/mol. The highest BCUT2D eigenvalue weighted by Crippen LogP contribution is 2.30. The molecule has 1 atom stereocenters. The van der Waals surface area contributed by atoms with Crippen LogP contribution in [0.2, 0.25) is 0 Å². The van der Waals surface area contributed by atoms with Gasteiger partial charge in [0.25, 0.3) is 0 Å². The standard InChI is InChI=1S/C11H9/c1-9-7-8-10-5-3-2-4-6-11(9)10/h1-8,10H/q+1. The van der Waals surface area contributed by atoms with E-state index in [1.54, 1.807) is 0 Å². The molecule has 0 heterocycles. The van der Waals surface area contributed by atoms with Gasteiger partial charge >= 0.3 is 0 Å². The van der Waals surface area contributed by atoms with Crippen LogP contribution in [0, 0.1) is 12.5 Å². The molecule has 0 spiro atoms. The van der Waals surface area contributed by atoms with Crippen molar-refractivity contribution in [2.45, 2.75) is 0 Å². The number of rotatable bonds is 0. The molecule has 0 heteroatoms. The SMILES string of the molecule is [CH+]=C1C=CC2C=CC=CC=C12. The Morgan fingerprint density at radius 2 is 2.00 bits per heavy atom. The summed E-state index contributed by atoms with van der Waals surface area (Å²) in [5.41, 5.74) is 2.11. The number of fused-ring (bicyclic) bond motifs is 1. The van der Waals surface area contributed by atoms with Crippen molar-refractivity contribution >= 4 is 0 Å². The fourth-order valence-corrected chi connectivity index (χ4v) is 1.38. The predicted octanol–water partition coefficient (Wildman–Crippen LogP) is 2.58. The van der Waals surface area contributed by atoms with Gasteiger partial charge in [-0.05, 0) is 18.2 Å². The van der Waals surface area contributed by atoms with E-state index in [1.807, 2.05) is 18.2 Å². The van der Waals surface area contributed by atoms with E-state index in [9.17, 15) is 0 Å². The minimum Gasteiger partial charge on any atom is -0.0641 e. The molecule has 2 rings (SSSR count). The monoisotopic (exact) mass is 141 g/mol. The van der Waals surface area contributed by atoms with Crippen molar-refractivity contribution in [1.82, 2.24) is 0 Å². The normalized spacial score (nSPS) is 26.6. The fourth-order valence-electron chi connectivity index (χ4n) is 1.38. The largest absolute Gasteiger partial charge is 0.184 e. The quantitative estimate of drug-likeness (QED) is 0.455. The van der Waals surface area contributed by atoms with E-state index in [0.717, 1.165) is 5.57 Å². The molecule has 0 aromatic rings. The highest BCUT2D eigenvalue weighted by atomic mass is 14.2. The van der Waals surface area contributed by atoms with Crippen LogP contribution in [-0.4, -0.2) is 0 Å². The molecule has 0 saturated heterocycles. The van der Waals surface area contributed by atoms with Crippen LogP contribution in [0.15, 0.2) is 53.7 Å². The van der Waals surface area contributed by atoms with Gasteiger partial charge in [0.05, 0.1) is 17.6 Å². The zero-order chi connectivity index (χ0) is 7.68. The van der Waals surface area contributed by atoms with Gasteiger partial charge in [-0.25, -0.2) is 0 Å². The number of hydrogen-bond acceptors (Lipinski definition) is 0. The topological polar surface area (TPSA) is 0 Å². The summed E-state index contributed by atoms with van der Waals surface area (Å²) in [6.45, 7) is 5.75. The van der Waals surface area contributed by atoms with Crippen molar-refractivity contribution in [2.24, 2.45) is 5.92 Å². The average Bonchev–Trinajstić information content (AvgIpc) is 2.25. The van der Waals surface area contributed by atoms with Crippen molar-refractivity contribution in [3.05, 3.63) is 60.3 Å². The van der Waals surface area contributed by atoms with Gasteiger partial charge in [-0.2, -0.15) is 0 Å². The molecule has 1 unspecified atom stereocenters. The highest BCUT2D eigenvalue weighted by Gasteiger charge is 2.24. The molecule has 0 fully saturated rings. The maximum atomic E-state index is 5.75. The summed E-state index contributed by atoms with van der Waals surface area (Å²) in [7, 11) is 0. The Hall–Kier alpha value is -1.39. The number of allylic oxidation sites excluding steroid dienone is 9. The minimum atomic E-state index is 0.407. The van der Waals surface area contributed by atoms with Crippen LogP contribution in [0.3, 0.4) is 0 Å². The molecular weight excluding hydrogens is 132 g/mol. The van der Waals surface area contributed by atoms with Gasteiger partial charge in [0.15, 0.2) is 5.57 Å². The Morgan fingerprint density at radius 3 is 2.91 bits per heavy atom. The molecular formula is C11H9+. The van der Waals surface area contributed by atoms with Crippen LogP contribution in [0.25, 0.3) is 0 Å². The first kappa shape index (κ1) is 6.33. The second-order valence-electron chi connectivity index (χ2n) is 2.73. The van der Waals surface area contributed by atoms with Crippen LogP contribution in [0.1, 0.15) is 0 Å². The Balaban J connectivity index is 2.44. The molecule has 0 aromatic carbocycles. The molecule has 0 aromatic heterocycles. The van der Waals surface area contributed by atoms with Gasteiger partial charge < -0.3 is 0 Å². The van der Waals surface area contributed by atoms with Crippen molar-refractivity contribution in [2.75, 3.05) is 0 Å². The lowest BCUT2D eigenvalue weighted by molar-refractivity contribution is 1.03. The van der Waals surface area contributed by atoms with E-state index in [1.165, 1.54) is 5.57 Å². The van der Waals surface area contributed by atoms with Crippen molar-refractivity contribution < 1.29 is 0 Å². The van der Waals surface area contributed by atoms with Crippen molar-refractivity contribution in [3.8, 4) is 0 Å². The maximum absolute atomic E-state index is 5.75. The van der Waals surface area contributed by atoms with E-state index >= 15 is 0 Å². The molecule has 52 valence electrons. The molecule has 0 bridgehead atoms. The van der Waals surface area contributed by atoms with E-state index in [4.69, 9.17) is 6.58 Å². The first-order valence-electron chi connectivity index (χ1n) is 3.74. The van der Waals surface area contributed by atoms with Crippen LogP contribution in [0.5, 0.6) is 0 Å². The van der Waals surface area contributed by atoms with Crippen molar-refractivity contribution in [1.29, 1.82) is 0 Å². The summed E-state index contributed by atoms with van der Waals surface area (Å²) < 4.78 is 0.